The van der Waals surface area contributed by atoms with Gasteiger partial charge in [0, 0.05) is 23.5 Å². The van der Waals surface area contributed by atoms with Crippen molar-refractivity contribution in [2.75, 3.05) is 30.3 Å². The molecule has 2 fully saturated rings. The first-order valence-electron chi connectivity index (χ1n) is 14.9. The maximum absolute atomic E-state index is 14.1. The number of nitrogens with zero attached hydrogens (tertiary/aromatic N) is 4. The van der Waals surface area contributed by atoms with Gasteiger partial charge in [0.1, 0.15) is 23.7 Å². The summed E-state index contributed by atoms with van der Waals surface area (Å²) in [5.41, 5.74) is 6.31. The van der Waals surface area contributed by atoms with Crippen molar-refractivity contribution in [2.24, 2.45) is 0 Å². The maximum Gasteiger partial charge on any atom is 0.329 e. The van der Waals surface area contributed by atoms with Crippen LogP contribution in [0.3, 0.4) is 0 Å². The number of urea groups is 1. The molecule has 7 rings (SSSR count). The van der Waals surface area contributed by atoms with E-state index in [9.17, 15) is 31.9 Å². The quantitative estimate of drug-likeness (QED) is 0.100. The van der Waals surface area contributed by atoms with Gasteiger partial charge in [-0.15, -0.1) is 0 Å². The third-order valence-corrected chi connectivity index (χ3v) is 8.33. The zero-order valence-corrected chi connectivity index (χ0v) is 25.5. The van der Waals surface area contributed by atoms with E-state index in [0.29, 0.717) is 35.1 Å². The summed E-state index contributed by atoms with van der Waals surface area (Å²) in [5, 5.41) is 10.3. The second kappa shape index (κ2) is 11.9. The second-order valence-corrected chi connectivity index (χ2v) is 11.5. The predicted octanol–water partition coefficient (Wildman–Crippen LogP) is 4.37. The number of fused-ring (bicyclic) bond motifs is 1. The van der Waals surface area contributed by atoms with Crippen LogP contribution in [0.5, 0.6) is 17.4 Å². The lowest BCUT2D eigenvalue weighted by atomic mass is 9.99. The normalized spacial score (nSPS) is 17.5. The van der Waals surface area contributed by atoms with Crippen molar-refractivity contribution in [2.45, 2.75) is 25.3 Å². The van der Waals surface area contributed by atoms with E-state index in [0.717, 1.165) is 17.0 Å². The largest absolute Gasteiger partial charge is 0.485 e. The summed E-state index contributed by atoms with van der Waals surface area (Å²) in [4.78, 5) is 48.0. The number of hydrogen-bond acceptors (Lipinski definition) is 9. The number of hydrogen-bond donors (Lipinski definition) is 4. The highest BCUT2D eigenvalue weighted by Crippen LogP contribution is 2.39. The lowest BCUT2D eigenvalue weighted by molar-refractivity contribution is -0.121. The van der Waals surface area contributed by atoms with Gasteiger partial charge in [-0.2, -0.15) is 5.10 Å². The molecule has 1 atom stereocenters. The number of alkyl halides is 2. The number of halogens is 4. The van der Waals surface area contributed by atoms with Gasteiger partial charge in [0.25, 0.3) is 12.3 Å². The summed E-state index contributed by atoms with van der Waals surface area (Å²) in [6.07, 6.45) is 0.0686. The number of aryl methyl sites for hydroxylation is 1. The minimum atomic E-state index is -2.84. The first-order chi connectivity index (χ1) is 23.5. The summed E-state index contributed by atoms with van der Waals surface area (Å²) < 4.78 is 66.3. The predicted molar refractivity (Wildman–Crippen MR) is 166 cm³/mol. The molecule has 0 radical (unpaired) electrons. The van der Waals surface area contributed by atoms with Crippen molar-refractivity contribution >= 4 is 40.1 Å². The Morgan fingerprint density at radius 2 is 1.88 bits per heavy atom. The van der Waals surface area contributed by atoms with Crippen molar-refractivity contribution in [1.29, 1.82) is 0 Å². The number of imide groups is 1. The van der Waals surface area contributed by atoms with Gasteiger partial charge in [0.05, 0.1) is 35.0 Å². The molecule has 2 aliphatic rings. The minimum Gasteiger partial charge on any atom is -0.485 e. The molecule has 2 saturated heterocycles. The fourth-order valence-electron chi connectivity index (χ4n) is 5.89. The molecule has 3 amide bonds. The molecule has 0 aliphatic carbocycles. The van der Waals surface area contributed by atoms with Gasteiger partial charge >= 0.3 is 6.03 Å². The minimum absolute atomic E-state index is 0.00104. The van der Waals surface area contributed by atoms with Crippen LogP contribution in [-0.2, 0) is 4.79 Å². The van der Waals surface area contributed by atoms with Crippen LogP contribution in [-0.4, -0.2) is 69.1 Å². The van der Waals surface area contributed by atoms with E-state index in [-0.39, 0.29) is 40.9 Å². The van der Waals surface area contributed by atoms with Gasteiger partial charge in [-0.05, 0) is 55.8 Å². The summed E-state index contributed by atoms with van der Waals surface area (Å²) in [5.74, 6) is -3.87. The van der Waals surface area contributed by atoms with E-state index in [2.05, 4.69) is 25.7 Å². The molecular weight excluding hydrogens is 652 g/mol. The molecule has 5 heterocycles. The molecular formula is C32H26F4N8O5. The van der Waals surface area contributed by atoms with E-state index < -0.39 is 53.7 Å². The van der Waals surface area contributed by atoms with E-state index in [1.165, 1.54) is 47.4 Å². The lowest BCUT2D eigenvalue weighted by Gasteiger charge is -2.21. The molecule has 2 aromatic carbocycles. The van der Waals surface area contributed by atoms with Gasteiger partial charge in [0.2, 0.25) is 17.4 Å². The SMILES string of the molecule is Cc1cc(Oc2c(F)cccc2F)ncc1-n1ncc(C(=O)c2cc3cc(OCC(F)F)c(N4C(=O)N[C@]5(CCNC5)C4=O)cc3[nH]2)c1N. The van der Waals surface area contributed by atoms with Gasteiger partial charge in [-0.3, -0.25) is 9.59 Å². The number of aromatic amines is 1. The first kappa shape index (κ1) is 31.6. The van der Waals surface area contributed by atoms with Gasteiger partial charge < -0.3 is 30.8 Å². The Balaban J connectivity index is 1.19. The smallest absolute Gasteiger partial charge is 0.329 e. The Morgan fingerprint density at radius 1 is 1.10 bits per heavy atom. The highest BCUT2D eigenvalue weighted by atomic mass is 19.3. The van der Waals surface area contributed by atoms with Crippen molar-refractivity contribution in [3.05, 3.63) is 83.3 Å². The first-order valence-corrected chi connectivity index (χ1v) is 14.9. The number of amides is 3. The van der Waals surface area contributed by atoms with Gasteiger partial charge in [-0.1, -0.05) is 6.07 Å². The summed E-state index contributed by atoms with van der Waals surface area (Å²) in [6.45, 7) is 1.37. The molecule has 2 aliphatic heterocycles. The molecule has 1 spiro atoms. The van der Waals surface area contributed by atoms with Crippen molar-refractivity contribution in [3.63, 3.8) is 0 Å². The van der Waals surface area contributed by atoms with Crippen LogP contribution in [0.1, 0.15) is 28.0 Å². The van der Waals surface area contributed by atoms with Gasteiger partial charge in [0.15, 0.2) is 11.6 Å². The standard InChI is InChI=1S/C32H26F4N8O5/c1-15-7-26(49-28-18(33)3-2-4-19(28)34)39-12-23(15)44-29(37)17(11-40-44)27(45)21-8-16-9-24(48-13-25(35)36)22(10-20(16)41-21)43-30(46)32(42-31(43)47)5-6-38-14-32/h2-4,7-12,25,38,41H,5-6,13-14,37H2,1H3,(H,42,47)/t32-/m0/s1. The number of para-hydroxylation sites is 1. The van der Waals surface area contributed by atoms with Crippen LogP contribution in [0.25, 0.3) is 16.6 Å². The van der Waals surface area contributed by atoms with Gasteiger partial charge in [-0.25, -0.2) is 36.9 Å². The van der Waals surface area contributed by atoms with E-state index in [1.807, 2.05) is 0 Å². The number of ketones is 1. The fourth-order valence-corrected chi connectivity index (χ4v) is 5.89. The molecule has 13 nitrogen and oxygen atoms in total. The Kier molecular flexibility index (Phi) is 7.70. The van der Waals surface area contributed by atoms with Crippen LogP contribution in [0.15, 0.2) is 54.9 Å². The summed E-state index contributed by atoms with van der Waals surface area (Å²) >= 11 is 0. The molecule has 3 aromatic heterocycles. The number of H-pyrrole nitrogens is 1. The number of carbonyl (C=O) groups is 3. The number of nitrogen functional groups attached to an aromatic ring is 1. The third-order valence-electron chi connectivity index (χ3n) is 8.33. The number of nitrogens with two attached hydrogens (primary N) is 1. The van der Waals surface area contributed by atoms with E-state index in [1.54, 1.807) is 6.92 Å². The topological polar surface area (TPSA) is 169 Å². The average Bonchev–Trinajstić information content (AvgIpc) is 3.84. The van der Waals surface area contributed by atoms with Crippen LogP contribution in [0.4, 0.5) is 33.9 Å². The zero-order valence-electron chi connectivity index (χ0n) is 25.5. The number of aromatic nitrogens is 4. The molecule has 252 valence electrons. The van der Waals surface area contributed by atoms with Crippen molar-refractivity contribution in [3.8, 4) is 23.1 Å². The number of rotatable bonds is 9. The molecule has 0 saturated carbocycles. The van der Waals surface area contributed by atoms with E-state index in [4.69, 9.17) is 15.2 Å². The highest BCUT2D eigenvalue weighted by molar-refractivity contribution is 6.25. The molecule has 5 N–H and O–H groups in total. The number of pyridine rings is 1. The Labute approximate surface area is 274 Å². The Bertz CT molecular complexity index is 2140. The Hall–Kier alpha value is -5.97. The summed E-state index contributed by atoms with van der Waals surface area (Å²) in [6, 6.07) is 8.16. The number of carbonyl (C=O) groups excluding carboxylic acids is 3. The second-order valence-electron chi connectivity index (χ2n) is 11.5. The zero-order chi connectivity index (χ0) is 34.6. The molecule has 17 heteroatoms. The number of benzene rings is 2. The Morgan fingerprint density at radius 3 is 2.57 bits per heavy atom. The number of ether oxygens (including phenoxy) is 2. The van der Waals surface area contributed by atoms with Crippen molar-refractivity contribution < 1.29 is 41.4 Å². The fraction of sp³-hybridized carbons (Fsp3) is 0.219. The third kappa shape index (κ3) is 5.46. The monoisotopic (exact) mass is 678 g/mol. The number of anilines is 2. The van der Waals surface area contributed by atoms with Crippen LogP contribution in [0, 0.1) is 18.6 Å². The molecule has 49 heavy (non-hydrogen) atoms. The average molecular weight is 679 g/mol. The number of nitrogens with one attached hydrogen (secondary N) is 3. The van der Waals surface area contributed by atoms with Crippen LogP contribution < -0.4 is 30.7 Å². The van der Waals surface area contributed by atoms with Crippen LogP contribution in [0.2, 0.25) is 0 Å². The van der Waals surface area contributed by atoms with E-state index >= 15 is 0 Å². The molecule has 0 unspecified atom stereocenters. The van der Waals surface area contributed by atoms with Crippen LogP contribution >= 0.6 is 0 Å². The van der Waals surface area contributed by atoms with Crippen molar-refractivity contribution in [1.82, 2.24) is 30.4 Å². The molecule has 5 aromatic rings. The maximum atomic E-state index is 14.1. The lowest BCUT2D eigenvalue weighted by Crippen LogP contribution is -2.48. The highest BCUT2D eigenvalue weighted by Gasteiger charge is 2.53. The molecule has 0 bridgehead atoms. The summed E-state index contributed by atoms with van der Waals surface area (Å²) in [7, 11) is 0.